The van der Waals surface area contributed by atoms with Crippen LogP contribution in [0.2, 0.25) is 0 Å². The molecule has 1 aliphatic rings. The van der Waals surface area contributed by atoms with Crippen molar-refractivity contribution in [1.29, 1.82) is 0 Å². The molecule has 0 aromatic heterocycles. The Morgan fingerprint density at radius 3 is 2.52 bits per heavy atom. The zero-order chi connectivity index (χ0) is 15.0. The Morgan fingerprint density at radius 2 is 1.86 bits per heavy atom. The molecule has 1 N–H and O–H groups in total. The SMILES string of the molecule is Cc1cc(C)cc(CN2c3ccccc3CC2C(=O)O)c1. The Morgan fingerprint density at radius 1 is 1.19 bits per heavy atom. The first-order chi connectivity index (χ1) is 10.0. The summed E-state index contributed by atoms with van der Waals surface area (Å²) in [6, 6.07) is 13.9. The smallest absolute Gasteiger partial charge is 0.326 e. The van der Waals surface area contributed by atoms with Gasteiger partial charge >= 0.3 is 5.97 Å². The molecule has 0 amide bonds. The van der Waals surface area contributed by atoms with Gasteiger partial charge in [-0.15, -0.1) is 0 Å². The minimum Gasteiger partial charge on any atom is -0.480 e. The lowest BCUT2D eigenvalue weighted by molar-refractivity contribution is -0.138. The Labute approximate surface area is 124 Å². The fourth-order valence-electron chi connectivity index (χ4n) is 3.22. The normalized spacial score (nSPS) is 16.9. The molecule has 0 saturated heterocycles. The summed E-state index contributed by atoms with van der Waals surface area (Å²) in [4.78, 5) is 13.6. The van der Waals surface area contributed by atoms with Crippen molar-refractivity contribution in [2.45, 2.75) is 32.9 Å². The maximum absolute atomic E-state index is 11.6. The molecule has 0 bridgehead atoms. The molecule has 3 rings (SSSR count). The van der Waals surface area contributed by atoms with Crippen LogP contribution in [-0.4, -0.2) is 17.1 Å². The average molecular weight is 281 g/mol. The van der Waals surface area contributed by atoms with Crippen LogP contribution in [0.15, 0.2) is 42.5 Å². The summed E-state index contributed by atoms with van der Waals surface area (Å²) in [7, 11) is 0. The van der Waals surface area contributed by atoms with Crippen LogP contribution in [0, 0.1) is 13.8 Å². The summed E-state index contributed by atoms with van der Waals surface area (Å²) in [6.45, 7) is 4.78. The predicted octanol–water partition coefficient (Wildman–Crippen LogP) is 3.32. The van der Waals surface area contributed by atoms with E-state index in [1.807, 2.05) is 29.2 Å². The standard InChI is InChI=1S/C18H19NO2/c1-12-7-13(2)9-14(8-12)11-19-16-6-4-3-5-15(16)10-17(19)18(20)21/h3-9,17H,10-11H2,1-2H3,(H,20,21). The first kappa shape index (κ1) is 13.7. The molecule has 2 aromatic rings. The number of hydrogen-bond donors (Lipinski definition) is 1. The van der Waals surface area contributed by atoms with E-state index in [1.54, 1.807) is 0 Å². The number of anilines is 1. The lowest BCUT2D eigenvalue weighted by atomic mass is 10.1. The average Bonchev–Trinajstić information content (AvgIpc) is 2.77. The summed E-state index contributed by atoms with van der Waals surface area (Å²) < 4.78 is 0. The highest BCUT2D eigenvalue weighted by Crippen LogP contribution is 2.33. The third-order valence-electron chi connectivity index (χ3n) is 4.01. The maximum Gasteiger partial charge on any atom is 0.326 e. The summed E-state index contributed by atoms with van der Waals surface area (Å²) in [5.41, 5.74) is 5.75. The van der Waals surface area contributed by atoms with Crippen molar-refractivity contribution in [2.75, 3.05) is 4.90 Å². The molecular weight excluding hydrogens is 262 g/mol. The van der Waals surface area contributed by atoms with Gasteiger partial charge in [0.15, 0.2) is 0 Å². The van der Waals surface area contributed by atoms with Crippen LogP contribution in [0.4, 0.5) is 5.69 Å². The number of carboxylic acids is 1. The number of para-hydroxylation sites is 1. The van der Waals surface area contributed by atoms with Gasteiger partial charge in [0.25, 0.3) is 0 Å². The monoisotopic (exact) mass is 281 g/mol. The lowest BCUT2D eigenvalue weighted by Crippen LogP contribution is -2.38. The van der Waals surface area contributed by atoms with Crippen LogP contribution in [-0.2, 0) is 17.8 Å². The molecule has 21 heavy (non-hydrogen) atoms. The van der Waals surface area contributed by atoms with Crippen molar-refractivity contribution in [3.05, 3.63) is 64.7 Å². The molecule has 1 atom stereocenters. The van der Waals surface area contributed by atoms with Gasteiger partial charge in [-0.05, 0) is 31.0 Å². The molecule has 3 nitrogen and oxygen atoms in total. The highest BCUT2D eigenvalue weighted by atomic mass is 16.4. The fourth-order valence-corrected chi connectivity index (χ4v) is 3.22. The van der Waals surface area contributed by atoms with Crippen LogP contribution >= 0.6 is 0 Å². The molecule has 1 aliphatic heterocycles. The van der Waals surface area contributed by atoms with Gasteiger partial charge in [0.1, 0.15) is 6.04 Å². The predicted molar refractivity (Wildman–Crippen MR) is 83.7 cm³/mol. The van der Waals surface area contributed by atoms with Crippen molar-refractivity contribution < 1.29 is 9.90 Å². The van der Waals surface area contributed by atoms with Crippen molar-refractivity contribution in [2.24, 2.45) is 0 Å². The first-order valence-corrected chi connectivity index (χ1v) is 7.19. The molecule has 1 heterocycles. The molecule has 0 radical (unpaired) electrons. The Balaban J connectivity index is 1.96. The number of carbonyl (C=O) groups is 1. The third-order valence-corrected chi connectivity index (χ3v) is 4.01. The van der Waals surface area contributed by atoms with Crippen LogP contribution in [0.25, 0.3) is 0 Å². The van der Waals surface area contributed by atoms with E-state index < -0.39 is 12.0 Å². The molecule has 0 fully saturated rings. The number of nitrogens with zero attached hydrogens (tertiary/aromatic N) is 1. The number of rotatable bonds is 3. The van der Waals surface area contributed by atoms with Crippen LogP contribution in [0.3, 0.4) is 0 Å². The number of benzene rings is 2. The number of hydrogen-bond acceptors (Lipinski definition) is 2. The minimum absolute atomic E-state index is 0.469. The number of aryl methyl sites for hydroxylation is 2. The van der Waals surface area contributed by atoms with E-state index >= 15 is 0 Å². The summed E-state index contributed by atoms with van der Waals surface area (Å²) >= 11 is 0. The van der Waals surface area contributed by atoms with Crippen LogP contribution < -0.4 is 4.90 Å². The van der Waals surface area contributed by atoms with E-state index in [1.165, 1.54) is 11.1 Å². The number of fused-ring (bicyclic) bond motifs is 1. The van der Waals surface area contributed by atoms with E-state index in [2.05, 4.69) is 32.0 Å². The van der Waals surface area contributed by atoms with Crippen molar-refractivity contribution in [3.63, 3.8) is 0 Å². The second kappa shape index (κ2) is 5.24. The Bertz CT molecular complexity index is 673. The van der Waals surface area contributed by atoms with Crippen molar-refractivity contribution in [3.8, 4) is 0 Å². The van der Waals surface area contributed by atoms with Crippen LogP contribution in [0.5, 0.6) is 0 Å². The van der Waals surface area contributed by atoms with Gasteiger partial charge in [-0.2, -0.15) is 0 Å². The highest BCUT2D eigenvalue weighted by molar-refractivity contribution is 5.82. The van der Waals surface area contributed by atoms with E-state index in [0.717, 1.165) is 16.8 Å². The van der Waals surface area contributed by atoms with Gasteiger partial charge in [0.05, 0.1) is 0 Å². The minimum atomic E-state index is -0.754. The molecular formula is C18H19NO2. The summed E-state index contributed by atoms with van der Waals surface area (Å²) in [5.74, 6) is -0.754. The van der Waals surface area contributed by atoms with Gasteiger partial charge in [-0.1, -0.05) is 47.5 Å². The molecule has 0 spiro atoms. The Kier molecular flexibility index (Phi) is 3.42. The molecule has 3 heteroatoms. The summed E-state index contributed by atoms with van der Waals surface area (Å²) in [5, 5.41) is 9.50. The van der Waals surface area contributed by atoms with Crippen LogP contribution in [0.1, 0.15) is 22.3 Å². The third kappa shape index (κ3) is 2.64. The quantitative estimate of drug-likeness (QED) is 0.938. The van der Waals surface area contributed by atoms with Gasteiger partial charge in [-0.3, -0.25) is 0 Å². The van der Waals surface area contributed by atoms with Gasteiger partial charge in [0, 0.05) is 18.7 Å². The molecule has 0 aliphatic carbocycles. The zero-order valence-electron chi connectivity index (χ0n) is 12.3. The summed E-state index contributed by atoms with van der Waals surface area (Å²) in [6.07, 6.45) is 0.580. The second-order valence-corrected chi connectivity index (χ2v) is 5.81. The lowest BCUT2D eigenvalue weighted by Gasteiger charge is -2.25. The number of aliphatic carboxylic acids is 1. The molecule has 1 unspecified atom stereocenters. The van der Waals surface area contributed by atoms with Gasteiger partial charge < -0.3 is 10.0 Å². The fraction of sp³-hybridized carbons (Fsp3) is 0.278. The van der Waals surface area contributed by atoms with E-state index in [-0.39, 0.29) is 0 Å². The molecule has 0 saturated carbocycles. The maximum atomic E-state index is 11.6. The molecule has 2 aromatic carbocycles. The van der Waals surface area contributed by atoms with Crippen molar-refractivity contribution >= 4 is 11.7 Å². The van der Waals surface area contributed by atoms with Gasteiger partial charge in [0.2, 0.25) is 0 Å². The largest absolute Gasteiger partial charge is 0.480 e. The second-order valence-electron chi connectivity index (χ2n) is 5.81. The zero-order valence-corrected chi connectivity index (χ0v) is 12.3. The van der Waals surface area contributed by atoms with E-state index in [9.17, 15) is 9.90 Å². The number of carboxylic acid groups (broad SMARTS) is 1. The molecule has 108 valence electrons. The van der Waals surface area contributed by atoms with Gasteiger partial charge in [-0.25, -0.2) is 4.79 Å². The Hall–Kier alpha value is -2.29. The topological polar surface area (TPSA) is 40.5 Å². The highest BCUT2D eigenvalue weighted by Gasteiger charge is 2.33. The van der Waals surface area contributed by atoms with Crippen molar-refractivity contribution in [1.82, 2.24) is 0 Å². The van der Waals surface area contributed by atoms with E-state index in [4.69, 9.17) is 0 Å². The first-order valence-electron chi connectivity index (χ1n) is 7.19. The van der Waals surface area contributed by atoms with E-state index in [0.29, 0.717) is 13.0 Å².